The predicted octanol–water partition coefficient (Wildman–Crippen LogP) is 2.80. The molecule has 0 fully saturated rings. The molecule has 5 heteroatoms. The summed E-state index contributed by atoms with van der Waals surface area (Å²) in [4.78, 5) is 30.6. The Morgan fingerprint density at radius 1 is 1.19 bits per heavy atom. The fourth-order valence-electron chi connectivity index (χ4n) is 2.58. The molecule has 3 rings (SSSR count). The third-order valence-electron chi connectivity index (χ3n) is 3.83. The zero-order valence-corrected chi connectivity index (χ0v) is 12.2. The number of pyridine rings is 1. The number of hydrogen-bond donors (Lipinski definition) is 2. The minimum absolute atomic E-state index is 0.0312. The van der Waals surface area contributed by atoms with Crippen LogP contribution in [0.5, 0.6) is 0 Å². The first-order valence-electron chi connectivity index (χ1n) is 6.85. The summed E-state index contributed by atoms with van der Waals surface area (Å²) in [5, 5.41) is 1.55. The van der Waals surface area contributed by atoms with E-state index in [1.165, 1.54) is 6.20 Å². The molecule has 1 aromatic carbocycles. The Morgan fingerprint density at radius 2 is 1.90 bits per heavy atom. The third kappa shape index (κ3) is 1.93. The fourth-order valence-corrected chi connectivity index (χ4v) is 2.58. The van der Waals surface area contributed by atoms with Gasteiger partial charge in [0.25, 0.3) is 0 Å². The Hall–Kier alpha value is -2.56. The van der Waals surface area contributed by atoms with Crippen LogP contribution in [0.15, 0.2) is 23.1 Å². The van der Waals surface area contributed by atoms with Crippen LogP contribution in [0.3, 0.4) is 0 Å². The third-order valence-corrected chi connectivity index (χ3v) is 3.83. The molecule has 0 atom stereocenters. The maximum absolute atomic E-state index is 12.4. The summed E-state index contributed by atoms with van der Waals surface area (Å²) in [5.41, 5.74) is 3.53. The van der Waals surface area contributed by atoms with Gasteiger partial charge in [0.15, 0.2) is 0 Å². The number of esters is 1. The highest BCUT2D eigenvalue weighted by Crippen LogP contribution is 2.26. The van der Waals surface area contributed by atoms with Crippen LogP contribution in [-0.4, -0.2) is 22.5 Å². The van der Waals surface area contributed by atoms with Crippen molar-refractivity contribution in [2.24, 2.45) is 0 Å². The molecule has 0 bridgehead atoms. The van der Waals surface area contributed by atoms with E-state index in [0.29, 0.717) is 10.9 Å². The summed E-state index contributed by atoms with van der Waals surface area (Å²) < 4.78 is 4.90. The number of nitrogens with one attached hydrogen (secondary N) is 2. The minimum atomic E-state index is -0.598. The van der Waals surface area contributed by atoms with E-state index in [1.807, 2.05) is 19.9 Å². The van der Waals surface area contributed by atoms with Gasteiger partial charge in [-0.05, 0) is 32.4 Å². The lowest BCUT2D eigenvalue weighted by Gasteiger charge is -2.04. The minimum Gasteiger partial charge on any atom is -0.462 e. The molecule has 0 radical (unpaired) electrons. The van der Waals surface area contributed by atoms with Crippen LogP contribution >= 0.6 is 0 Å². The Labute approximate surface area is 120 Å². The summed E-state index contributed by atoms with van der Waals surface area (Å²) >= 11 is 0. The zero-order valence-electron chi connectivity index (χ0n) is 12.2. The molecule has 0 aliphatic heterocycles. The fraction of sp³-hybridized carbons (Fsp3) is 0.250. The largest absolute Gasteiger partial charge is 0.462 e. The molecule has 0 unspecified atom stereocenters. The molecule has 108 valence electrons. The number of ether oxygens (including phenoxy) is 1. The van der Waals surface area contributed by atoms with Crippen molar-refractivity contribution < 1.29 is 9.53 Å². The second-order valence-corrected chi connectivity index (χ2v) is 5.04. The van der Waals surface area contributed by atoms with Gasteiger partial charge in [-0.2, -0.15) is 0 Å². The first-order chi connectivity index (χ1) is 10.0. The SMILES string of the molecule is CCOC(=O)c1c[nH]c2c(ccc3c(C)c(C)[nH]c32)c1=O. The van der Waals surface area contributed by atoms with Crippen molar-refractivity contribution in [3.63, 3.8) is 0 Å². The quantitative estimate of drug-likeness (QED) is 0.710. The van der Waals surface area contributed by atoms with Crippen molar-refractivity contribution in [1.82, 2.24) is 9.97 Å². The van der Waals surface area contributed by atoms with Crippen LogP contribution in [0.25, 0.3) is 21.8 Å². The highest BCUT2D eigenvalue weighted by atomic mass is 16.5. The van der Waals surface area contributed by atoms with Crippen LogP contribution in [0.1, 0.15) is 28.5 Å². The summed E-state index contributed by atoms with van der Waals surface area (Å²) in [6.45, 7) is 5.98. The van der Waals surface area contributed by atoms with Crippen LogP contribution in [0, 0.1) is 13.8 Å². The van der Waals surface area contributed by atoms with Gasteiger partial charge in [-0.1, -0.05) is 6.07 Å². The van der Waals surface area contributed by atoms with E-state index in [2.05, 4.69) is 9.97 Å². The van der Waals surface area contributed by atoms with Gasteiger partial charge in [0.1, 0.15) is 5.56 Å². The number of hydrogen-bond acceptors (Lipinski definition) is 3. The predicted molar refractivity (Wildman–Crippen MR) is 81.9 cm³/mol. The van der Waals surface area contributed by atoms with Gasteiger partial charge in [0.05, 0.1) is 17.6 Å². The van der Waals surface area contributed by atoms with E-state index in [-0.39, 0.29) is 17.6 Å². The van der Waals surface area contributed by atoms with E-state index in [0.717, 1.165) is 22.2 Å². The molecule has 21 heavy (non-hydrogen) atoms. The van der Waals surface area contributed by atoms with E-state index >= 15 is 0 Å². The Bertz CT molecular complexity index is 919. The van der Waals surface area contributed by atoms with Crippen LogP contribution in [-0.2, 0) is 4.74 Å². The van der Waals surface area contributed by atoms with Gasteiger partial charge in [0, 0.05) is 22.7 Å². The van der Waals surface area contributed by atoms with Crippen molar-refractivity contribution in [2.45, 2.75) is 20.8 Å². The molecule has 0 saturated carbocycles. The summed E-state index contributed by atoms with van der Waals surface area (Å²) in [7, 11) is 0. The maximum Gasteiger partial charge on any atom is 0.343 e. The molecule has 0 aliphatic carbocycles. The standard InChI is InChI=1S/C16H16N2O3/c1-4-21-16(20)12-7-17-13-11(15(12)19)6-5-10-8(2)9(3)18-14(10)13/h5-7,18H,4H2,1-3H3,(H,17,19). The van der Waals surface area contributed by atoms with Gasteiger partial charge in [0.2, 0.25) is 5.43 Å². The van der Waals surface area contributed by atoms with Crippen molar-refractivity contribution in [2.75, 3.05) is 6.61 Å². The van der Waals surface area contributed by atoms with Crippen molar-refractivity contribution in [3.8, 4) is 0 Å². The smallest absolute Gasteiger partial charge is 0.343 e. The van der Waals surface area contributed by atoms with Crippen LogP contribution in [0.2, 0.25) is 0 Å². The number of aromatic amines is 2. The Balaban J connectivity index is 2.33. The average molecular weight is 284 g/mol. The molecule has 0 aliphatic rings. The number of carbonyl (C=O) groups is 1. The van der Waals surface area contributed by atoms with Gasteiger partial charge in [-0.25, -0.2) is 4.79 Å². The van der Waals surface area contributed by atoms with Gasteiger partial charge < -0.3 is 14.7 Å². The topological polar surface area (TPSA) is 75.0 Å². The van der Waals surface area contributed by atoms with Gasteiger partial charge >= 0.3 is 5.97 Å². The molecule has 0 spiro atoms. The van der Waals surface area contributed by atoms with Crippen LogP contribution < -0.4 is 5.43 Å². The molecule has 2 aromatic heterocycles. The number of fused-ring (bicyclic) bond motifs is 3. The van der Waals surface area contributed by atoms with Crippen molar-refractivity contribution in [1.29, 1.82) is 0 Å². The van der Waals surface area contributed by atoms with Crippen LogP contribution in [0.4, 0.5) is 0 Å². The van der Waals surface area contributed by atoms with E-state index in [4.69, 9.17) is 4.74 Å². The lowest BCUT2D eigenvalue weighted by atomic mass is 10.1. The van der Waals surface area contributed by atoms with Crippen molar-refractivity contribution in [3.05, 3.63) is 45.4 Å². The normalized spacial score (nSPS) is 11.2. The first kappa shape index (κ1) is 13.4. The Morgan fingerprint density at radius 3 is 2.62 bits per heavy atom. The number of aromatic nitrogens is 2. The molecule has 3 aromatic rings. The first-order valence-corrected chi connectivity index (χ1v) is 6.85. The second-order valence-electron chi connectivity index (χ2n) is 5.04. The summed E-state index contributed by atoms with van der Waals surface area (Å²) in [6, 6.07) is 3.65. The molecule has 2 heterocycles. The number of carbonyl (C=O) groups excluding carboxylic acids is 1. The number of aryl methyl sites for hydroxylation is 2. The zero-order chi connectivity index (χ0) is 15.1. The molecular weight excluding hydrogens is 268 g/mol. The molecule has 2 N–H and O–H groups in total. The number of H-pyrrole nitrogens is 2. The molecular formula is C16H16N2O3. The van der Waals surface area contributed by atoms with Crippen molar-refractivity contribution >= 4 is 27.8 Å². The lowest BCUT2D eigenvalue weighted by Crippen LogP contribution is -2.18. The summed E-state index contributed by atoms with van der Waals surface area (Å²) in [5.74, 6) is -0.598. The summed E-state index contributed by atoms with van der Waals surface area (Å²) in [6.07, 6.45) is 1.42. The molecule has 0 amide bonds. The number of benzene rings is 1. The second kappa shape index (κ2) is 4.77. The van der Waals surface area contributed by atoms with E-state index < -0.39 is 5.97 Å². The molecule has 5 nitrogen and oxygen atoms in total. The maximum atomic E-state index is 12.4. The molecule has 0 saturated heterocycles. The monoisotopic (exact) mass is 284 g/mol. The van der Waals surface area contributed by atoms with Gasteiger partial charge in [-0.3, -0.25) is 4.79 Å². The van der Waals surface area contributed by atoms with Gasteiger partial charge in [-0.15, -0.1) is 0 Å². The van der Waals surface area contributed by atoms with E-state index in [9.17, 15) is 9.59 Å². The average Bonchev–Trinajstić information content (AvgIpc) is 2.75. The Kier molecular flexibility index (Phi) is 3.05. The highest BCUT2D eigenvalue weighted by Gasteiger charge is 2.16. The number of rotatable bonds is 2. The lowest BCUT2D eigenvalue weighted by molar-refractivity contribution is 0.0524. The van der Waals surface area contributed by atoms with E-state index in [1.54, 1.807) is 13.0 Å². The highest BCUT2D eigenvalue weighted by molar-refractivity contribution is 6.06.